The van der Waals surface area contributed by atoms with Crippen molar-refractivity contribution in [3.8, 4) is 0 Å². The molecule has 0 unspecified atom stereocenters. The van der Waals surface area contributed by atoms with Crippen molar-refractivity contribution >= 4 is 35.3 Å². The van der Waals surface area contributed by atoms with Gasteiger partial charge in [-0.1, -0.05) is 38.2 Å². The van der Waals surface area contributed by atoms with Gasteiger partial charge in [0, 0.05) is 44.3 Å². The highest BCUT2D eigenvalue weighted by molar-refractivity contribution is 6.37. The molecule has 2 bridgehead atoms. The Bertz CT molecular complexity index is 1340. The fraction of sp³-hybridized carbons (Fsp3) is 0.484. The van der Waals surface area contributed by atoms with E-state index in [9.17, 15) is 33.9 Å². The lowest BCUT2D eigenvalue weighted by molar-refractivity contribution is -0.136. The molecule has 3 amide bonds. The maximum atomic E-state index is 13.6. The van der Waals surface area contributed by atoms with Crippen LogP contribution in [0.3, 0.4) is 0 Å². The number of ketones is 3. The zero-order valence-corrected chi connectivity index (χ0v) is 26.0. The van der Waals surface area contributed by atoms with Crippen LogP contribution in [0, 0.1) is 11.8 Å². The van der Waals surface area contributed by atoms with Gasteiger partial charge in [0.15, 0.2) is 6.10 Å². The van der Waals surface area contributed by atoms with E-state index in [1.54, 1.807) is 26.8 Å². The van der Waals surface area contributed by atoms with Crippen LogP contribution in [0.5, 0.6) is 0 Å². The van der Waals surface area contributed by atoms with E-state index in [0.717, 1.165) is 13.0 Å². The lowest BCUT2D eigenvalue weighted by Crippen LogP contribution is -2.39. The van der Waals surface area contributed by atoms with Crippen LogP contribution < -0.4 is 16.4 Å². The second-order valence-electron chi connectivity index (χ2n) is 10.9. The molecule has 0 aromatic heterocycles. The number of nitrogens with one attached hydrogen (secondary N) is 2. The van der Waals surface area contributed by atoms with E-state index in [1.807, 2.05) is 0 Å². The average Bonchev–Trinajstić information content (AvgIpc) is 2.95. The number of primary amides is 1. The molecule has 0 aromatic carbocycles. The minimum atomic E-state index is -1.07. The standard InChI is InChI=1S/C31H41N3O10/c1-15-11-20-25(34-30(40)19(5)35)22(36)14-21(27(20)38)33-29(39)16(2)9-8-10-23(42-6)28(44-31(32)41)18(4)13-17(3)26(37)24(12-15)43-7/h8-10,13-15,17,23-24,26,28,37H,11-12H2,1-7H3,(H2,32,41)(H,33,39)(H,34,40)/b10-8-,16-9+,18-13+/t15-,17+,23+,24+,26-,28+/m1/s1. The van der Waals surface area contributed by atoms with Gasteiger partial charge in [0.25, 0.3) is 11.8 Å². The molecular formula is C31H41N3O10. The predicted octanol–water partition coefficient (Wildman–Crippen LogP) is 1.47. The summed E-state index contributed by atoms with van der Waals surface area (Å²) in [5, 5.41) is 15.9. The Balaban J connectivity index is 2.66. The van der Waals surface area contributed by atoms with Gasteiger partial charge >= 0.3 is 6.09 Å². The van der Waals surface area contributed by atoms with E-state index >= 15 is 0 Å². The molecule has 5 N–H and O–H groups in total. The van der Waals surface area contributed by atoms with Gasteiger partial charge in [0.2, 0.25) is 17.3 Å². The number of ether oxygens (including phenoxy) is 3. The molecule has 0 saturated heterocycles. The van der Waals surface area contributed by atoms with Crippen LogP contribution in [0.4, 0.5) is 4.79 Å². The molecule has 0 fully saturated rings. The number of hydrogen-bond donors (Lipinski definition) is 4. The summed E-state index contributed by atoms with van der Waals surface area (Å²) < 4.78 is 16.5. The summed E-state index contributed by atoms with van der Waals surface area (Å²) in [7, 11) is 2.82. The number of amides is 3. The highest BCUT2D eigenvalue weighted by atomic mass is 16.6. The second-order valence-corrected chi connectivity index (χ2v) is 10.9. The monoisotopic (exact) mass is 615 g/mol. The van der Waals surface area contributed by atoms with E-state index < -0.39 is 71.5 Å². The van der Waals surface area contributed by atoms with Crippen LogP contribution in [0.2, 0.25) is 0 Å². The SMILES string of the molecule is CO[C@H]1/C=C\C=C(/C)C(=O)NC2=CC(=O)C(NC(=O)C(C)=O)=C(C[C@@H](C)C[C@H](OC)[C@H](O)[C@@H](C)/C=C(\C)[C@@H]1OC(N)=O)C2=O. The molecule has 2 rings (SSSR count). The number of carbonyl (C=O) groups excluding carboxylic acids is 6. The maximum absolute atomic E-state index is 13.6. The van der Waals surface area contributed by atoms with Gasteiger partial charge < -0.3 is 35.7 Å². The van der Waals surface area contributed by atoms with Crippen molar-refractivity contribution in [3.63, 3.8) is 0 Å². The molecule has 2 aliphatic rings. The third-order valence-corrected chi connectivity index (χ3v) is 7.35. The van der Waals surface area contributed by atoms with Crippen molar-refractivity contribution in [3.05, 3.63) is 58.5 Å². The van der Waals surface area contributed by atoms with Gasteiger partial charge in [-0.2, -0.15) is 0 Å². The number of aliphatic hydroxyl groups is 1. The molecule has 1 aliphatic carbocycles. The summed E-state index contributed by atoms with van der Waals surface area (Å²) in [5.74, 6) is -5.02. The Hall–Kier alpha value is -4.20. The molecule has 44 heavy (non-hydrogen) atoms. The maximum Gasteiger partial charge on any atom is 0.405 e. The first-order chi connectivity index (χ1) is 20.6. The van der Waals surface area contributed by atoms with Crippen LogP contribution in [0.15, 0.2) is 58.5 Å². The van der Waals surface area contributed by atoms with Crippen molar-refractivity contribution in [2.75, 3.05) is 14.2 Å². The zero-order chi connectivity index (χ0) is 33.3. The predicted molar refractivity (Wildman–Crippen MR) is 158 cm³/mol. The largest absolute Gasteiger partial charge is 0.439 e. The van der Waals surface area contributed by atoms with Crippen LogP contribution in [0.25, 0.3) is 0 Å². The molecule has 0 saturated carbocycles. The third-order valence-electron chi connectivity index (χ3n) is 7.35. The topological polar surface area (TPSA) is 200 Å². The molecular weight excluding hydrogens is 574 g/mol. The number of allylic oxidation sites excluding steroid dienone is 4. The molecule has 240 valence electrons. The smallest absolute Gasteiger partial charge is 0.405 e. The van der Waals surface area contributed by atoms with Crippen molar-refractivity contribution in [2.45, 2.75) is 71.9 Å². The van der Waals surface area contributed by atoms with Gasteiger partial charge in [-0.3, -0.25) is 24.0 Å². The van der Waals surface area contributed by atoms with Crippen molar-refractivity contribution in [1.82, 2.24) is 10.6 Å². The number of methoxy groups -OCH3 is 2. The normalized spacial score (nSPS) is 30.6. The molecule has 13 heteroatoms. The molecule has 13 nitrogen and oxygen atoms in total. The van der Waals surface area contributed by atoms with Gasteiger partial charge in [0.05, 0.1) is 23.6 Å². The molecule has 6 atom stereocenters. The van der Waals surface area contributed by atoms with Gasteiger partial charge in [-0.25, -0.2) is 4.79 Å². The van der Waals surface area contributed by atoms with E-state index in [2.05, 4.69) is 10.6 Å². The number of carbonyl (C=O) groups is 6. The quantitative estimate of drug-likeness (QED) is 0.199. The van der Waals surface area contributed by atoms with Crippen LogP contribution in [-0.2, 0) is 38.2 Å². The molecule has 1 aliphatic heterocycles. The fourth-order valence-corrected chi connectivity index (χ4v) is 4.92. The summed E-state index contributed by atoms with van der Waals surface area (Å²) in [6.07, 6.45) is 2.59. The number of rotatable bonds is 5. The summed E-state index contributed by atoms with van der Waals surface area (Å²) in [6.45, 7) is 7.70. The van der Waals surface area contributed by atoms with E-state index in [0.29, 0.717) is 5.57 Å². The molecule has 0 spiro atoms. The first-order valence-electron chi connectivity index (χ1n) is 14.0. The van der Waals surface area contributed by atoms with Gasteiger partial charge in [-0.05, 0) is 38.2 Å². The number of Topliss-reactive ketones (excluding diaryl/α,β-unsaturated/α-hetero) is 2. The minimum absolute atomic E-state index is 0.0528. The summed E-state index contributed by atoms with van der Waals surface area (Å²) in [5.41, 5.74) is 5.25. The lowest BCUT2D eigenvalue weighted by Gasteiger charge is -2.30. The molecule has 0 radical (unpaired) electrons. The van der Waals surface area contributed by atoms with Crippen LogP contribution >= 0.6 is 0 Å². The average molecular weight is 616 g/mol. The van der Waals surface area contributed by atoms with E-state index in [1.165, 1.54) is 39.4 Å². The Morgan fingerprint density at radius 3 is 2.32 bits per heavy atom. The highest BCUT2D eigenvalue weighted by Crippen LogP contribution is 2.29. The van der Waals surface area contributed by atoms with Crippen LogP contribution in [-0.4, -0.2) is 79.0 Å². The minimum Gasteiger partial charge on any atom is -0.439 e. The zero-order valence-electron chi connectivity index (χ0n) is 26.0. The lowest BCUT2D eigenvalue weighted by atomic mass is 9.85. The molecule has 0 aromatic rings. The van der Waals surface area contributed by atoms with Gasteiger partial charge in [0.1, 0.15) is 6.10 Å². The summed E-state index contributed by atoms with van der Waals surface area (Å²) >= 11 is 0. The van der Waals surface area contributed by atoms with E-state index in [4.69, 9.17) is 19.9 Å². The number of aliphatic hydroxyl groups excluding tert-OH is 1. The van der Waals surface area contributed by atoms with E-state index in [-0.39, 0.29) is 35.4 Å². The number of fused-ring (bicyclic) bond motifs is 2. The highest BCUT2D eigenvalue weighted by Gasteiger charge is 2.34. The first kappa shape index (κ1) is 36.0. The second kappa shape index (κ2) is 16.0. The third kappa shape index (κ3) is 9.40. The molecule has 1 heterocycles. The fourth-order valence-electron chi connectivity index (χ4n) is 4.92. The summed E-state index contributed by atoms with van der Waals surface area (Å²) in [4.78, 5) is 75.1. The first-order valence-corrected chi connectivity index (χ1v) is 14.0. The van der Waals surface area contributed by atoms with Crippen molar-refractivity contribution in [2.24, 2.45) is 17.6 Å². The number of nitrogens with two attached hydrogens (primary N) is 1. The Morgan fingerprint density at radius 1 is 1.09 bits per heavy atom. The van der Waals surface area contributed by atoms with Crippen LogP contribution in [0.1, 0.15) is 47.5 Å². The van der Waals surface area contributed by atoms with Crippen molar-refractivity contribution in [1.29, 1.82) is 0 Å². The Morgan fingerprint density at radius 2 is 1.75 bits per heavy atom. The Kier molecular flexibility index (Phi) is 13.1. The van der Waals surface area contributed by atoms with Gasteiger partial charge in [-0.15, -0.1) is 0 Å². The number of hydrogen-bond acceptors (Lipinski definition) is 10. The van der Waals surface area contributed by atoms with Crippen molar-refractivity contribution < 1.29 is 48.1 Å². The summed E-state index contributed by atoms with van der Waals surface area (Å²) in [6, 6.07) is 0. The Labute approximate surface area is 256 Å².